The van der Waals surface area contributed by atoms with Crippen LogP contribution in [-0.4, -0.2) is 16.3 Å². The van der Waals surface area contributed by atoms with Crippen LogP contribution in [0, 0.1) is 17.2 Å². The second-order valence-corrected chi connectivity index (χ2v) is 7.13. The fourth-order valence-electron chi connectivity index (χ4n) is 4.25. The quantitative estimate of drug-likeness (QED) is 0.595. The van der Waals surface area contributed by atoms with Gasteiger partial charge in [0.2, 0.25) is 0 Å². The van der Waals surface area contributed by atoms with E-state index in [4.69, 9.17) is 0 Å². The molecule has 3 aromatic rings. The van der Waals surface area contributed by atoms with Crippen LogP contribution >= 0.6 is 0 Å². The number of aromatic nitrogens is 2. The number of alkyl halides is 3. The number of nitrogens with one attached hydrogen (secondary N) is 1. The van der Waals surface area contributed by atoms with Gasteiger partial charge >= 0.3 is 6.18 Å². The summed E-state index contributed by atoms with van der Waals surface area (Å²) in [6.45, 7) is 0.718. The predicted octanol–water partition coefficient (Wildman–Crippen LogP) is 5.14. The number of rotatable bonds is 1. The van der Waals surface area contributed by atoms with Crippen LogP contribution in [0.25, 0.3) is 22.0 Å². The minimum absolute atomic E-state index is 0.00634. The second-order valence-electron chi connectivity index (χ2n) is 7.13. The molecule has 0 saturated heterocycles. The van der Waals surface area contributed by atoms with Gasteiger partial charge in [-0.3, -0.25) is 0 Å². The van der Waals surface area contributed by atoms with Crippen LogP contribution in [0.4, 0.5) is 19.0 Å². The van der Waals surface area contributed by atoms with Gasteiger partial charge in [-0.2, -0.15) is 23.5 Å². The van der Waals surface area contributed by atoms with Crippen LogP contribution in [0.1, 0.15) is 23.6 Å². The van der Waals surface area contributed by atoms with Gasteiger partial charge in [0.25, 0.3) is 0 Å². The van der Waals surface area contributed by atoms with Crippen molar-refractivity contribution in [1.29, 1.82) is 5.26 Å². The number of allylic oxidation sites excluding steroid dienone is 2. The summed E-state index contributed by atoms with van der Waals surface area (Å²) in [7, 11) is 0. The largest absolute Gasteiger partial charge is 0.417 e. The Hall–Kier alpha value is -3.27. The van der Waals surface area contributed by atoms with Crippen molar-refractivity contribution in [2.24, 2.45) is 5.92 Å². The molecule has 0 radical (unpaired) electrons. The van der Waals surface area contributed by atoms with Crippen LogP contribution in [0.15, 0.2) is 48.6 Å². The van der Waals surface area contributed by atoms with Crippen molar-refractivity contribution in [2.45, 2.75) is 18.6 Å². The minimum Gasteiger partial charge on any atom is -0.369 e. The molecule has 1 aromatic heterocycles. The zero-order valence-electron chi connectivity index (χ0n) is 14.7. The highest BCUT2D eigenvalue weighted by atomic mass is 19.4. The van der Waals surface area contributed by atoms with Gasteiger partial charge in [-0.05, 0) is 23.6 Å². The molecule has 0 amide bonds. The summed E-state index contributed by atoms with van der Waals surface area (Å²) < 4.78 is 43.0. The summed E-state index contributed by atoms with van der Waals surface area (Å²) >= 11 is 0. The first-order chi connectivity index (χ1) is 13.5. The van der Waals surface area contributed by atoms with Gasteiger partial charge in [-0.25, -0.2) is 4.68 Å². The topological polar surface area (TPSA) is 53.6 Å². The van der Waals surface area contributed by atoms with E-state index < -0.39 is 17.3 Å². The van der Waals surface area contributed by atoms with Gasteiger partial charge in [-0.15, -0.1) is 0 Å². The van der Waals surface area contributed by atoms with E-state index in [1.54, 1.807) is 35.0 Å². The lowest BCUT2D eigenvalue weighted by molar-refractivity contribution is -0.137. The van der Waals surface area contributed by atoms with Crippen molar-refractivity contribution in [3.63, 3.8) is 0 Å². The fraction of sp³-hybridized carbons (Fsp3) is 0.238. The third-order valence-electron chi connectivity index (χ3n) is 5.55. The van der Waals surface area contributed by atoms with Gasteiger partial charge in [0.1, 0.15) is 17.4 Å². The molecule has 7 heteroatoms. The molecule has 2 atom stereocenters. The second kappa shape index (κ2) is 5.86. The summed E-state index contributed by atoms with van der Waals surface area (Å²) in [4.78, 5) is 0. The molecule has 4 nitrogen and oxygen atoms in total. The molecule has 2 heterocycles. The average Bonchev–Trinajstić information content (AvgIpc) is 3.30. The highest BCUT2D eigenvalue weighted by Crippen LogP contribution is 2.46. The molecule has 140 valence electrons. The van der Waals surface area contributed by atoms with E-state index in [2.05, 4.69) is 16.5 Å². The Labute approximate surface area is 158 Å². The number of halogens is 3. The number of benzene rings is 2. The van der Waals surface area contributed by atoms with E-state index in [9.17, 15) is 18.4 Å². The molecule has 0 unspecified atom stereocenters. The van der Waals surface area contributed by atoms with Gasteiger partial charge in [0, 0.05) is 12.5 Å². The highest BCUT2D eigenvalue weighted by molar-refractivity contribution is 6.05. The Bertz CT molecular complexity index is 1150. The molecule has 1 N–H and O–H groups in total. The molecule has 1 aliphatic carbocycles. The first kappa shape index (κ1) is 16.9. The SMILES string of the molecule is N#Cc1c(C(F)(F)F)cc(-c2ccccc2)c2c3n(nc12)[C@H]1C=CC[C@H]1CN3. The van der Waals surface area contributed by atoms with Crippen molar-refractivity contribution in [2.75, 3.05) is 11.9 Å². The summed E-state index contributed by atoms with van der Waals surface area (Å²) in [5.74, 6) is 0.987. The number of nitrogens with zero attached hydrogens (tertiary/aromatic N) is 3. The Morgan fingerprint density at radius 2 is 2.00 bits per heavy atom. The third-order valence-corrected chi connectivity index (χ3v) is 5.55. The van der Waals surface area contributed by atoms with Gasteiger partial charge in [0.05, 0.1) is 22.6 Å². The van der Waals surface area contributed by atoms with Crippen LogP contribution in [0.2, 0.25) is 0 Å². The Morgan fingerprint density at radius 3 is 2.71 bits per heavy atom. The predicted molar refractivity (Wildman–Crippen MR) is 99.7 cm³/mol. The molecule has 0 fully saturated rings. The Morgan fingerprint density at radius 1 is 1.21 bits per heavy atom. The lowest BCUT2D eigenvalue weighted by atomic mass is 9.94. The molecular weight excluding hydrogens is 365 g/mol. The number of hydrogen-bond acceptors (Lipinski definition) is 3. The minimum atomic E-state index is -4.64. The normalized spacial score (nSPS) is 20.5. The molecule has 0 saturated carbocycles. The van der Waals surface area contributed by atoms with E-state index in [-0.39, 0.29) is 11.6 Å². The molecule has 0 bridgehead atoms. The number of nitriles is 1. The summed E-state index contributed by atoms with van der Waals surface area (Å²) in [5.41, 5.74) is -0.195. The van der Waals surface area contributed by atoms with E-state index in [0.29, 0.717) is 28.2 Å². The van der Waals surface area contributed by atoms with Gasteiger partial charge < -0.3 is 5.32 Å². The molecule has 2 aliphatic rings. The van der Waals surface area contributed by atoms with Crippen molar-refractivity contribution in [3.8, 4) is 17.2 Å². The lowest BCUT2D eigenvalue weighted by Gasteiger charge is -2.28. The van der Waals surface area contributed by atoms with Gasteiger partial charge in [0.15, 0.2) is 0 Å². The summed E-state index contributed by atoms with van der Waals surface area (Å²) in [6.07, 6.45) is 0.372. The fourth-order valence-corrected chi connectivity index (χ4v) is 4.25. The van der Waals surface area contributed by atoms with E-state index in [0.717, 1.165) is 19.0 Å². The van der Waals surface area contributed by atoms with E-state index in [1.165, 1.54) is 0 Å². The van der Waals surface area contributed by atoms with Crippen molar-refractivity contribution < 1.29 is 13.2 Å². The van der Waals surface area contributed by atoms with E-state index >= 15 is 0 Å². The monoisotopic (exact) mass is 380 g/mol. The first-order valence-electron chi connectivity index (χ1n) is 9.01. The summed E-state index contributed by atoms with van der Waals surface area (Å²) in [5, 5.41) is 18.0. The molecule has 28 heavy (non-hydrogen) atoms. The van der Waals surface area contributed by atoms with Gasteiger partial charge in [-0.1, -0.05) is 42.5 Å². The van der Waals surface area contributed by atoms with Crippen LogP contribution < -0.4 is 5.32 Å². The zero-order valence-corrected chi connectivity index (χ0v) is 14.7. The number of anilines is 1. The van der Waals surface area contributed by atoms with Crippen molar-refractivity contribution in [3.05, 3.63) is 59.7 Å². The smallest absolute Gasteiger partial charge is 0.369 e. The van der Waals surface area contributed by atoms with Crippen LogP contribution in [-0.2, 0) is 6.18 Å². The maximum atomic E-state index is 13.7. The average molecular weight is 380 g/mol. The Kier molecular flexibility index (Phi) is 3.53. The number of hydrogen-bond donors (Lipinski definition) is 1. The summed E-state index contributed by atoms with van der Waals surface area (Å²) in [6, 6.07) is 11.7. The molecule has 2 aromatic carbocycles. The molecular formula is C21H15F3N4. The lowest BCUT2D eigenvalue weighted by Crippen LogP contribution is -2.29. The maximum absolute atomic E-state index is 13.7. The maximum Gasteiger partial charge on any atom is 0.417 e. The van der Waals surface area contributed by atoms with Crippen molar-refractivity contribution >= 4 is 16.7 Å². The standard InChI is InChI=1S/C21H15F3N4/c22-21(23,24)16-9-14(12-5-2-1-3-6-12)18-19(15(16)10-25)27-28-17-8-4-7-13(17)11-26-20(18)28/h1-6,8-9,13,17,26H,7,11H2/t13-,17-/m0/s1. The van der Waals surface area contributed by atoms with Crippen molar-refractivity contribution in [1.82, 2.24) is 9.78 Å². The Balaban J connectivity index is 1.90. The number of fused-ring (bicyclic) bond motifs is 5. The van der Waals surface area contributed by atoms with Crippen LogP contribution in [0.5, 0.6) is 0 Å². The molecule has 0 spiro atoms. The molecule has 5 rings (SSSR count). The first-order valence-corrected chi connectivity index (χ1v) is 9.01. The van der Waals surface area contributed by atoms with Crippen LogP contribution in [0.3, 0.4) is 0 Å². The third kappa shape index (κ3) is 2.34. The van der Waals surface area contributed by atoms with E-state index in [1.807, 2.05) is 12.1 Å². The highest BCUT2D eigenvalue weighted by Gasteiger charge is 2.39. The zero-order chi connectivity index (χ0) is 19.5. The molecule has 1 aliphatic heterocycles.